The van der Waals surface area contributed by atoms with Crippen molar-refractivity contribution >= 4 is 23.9 Å². The van der Waals surface area contributed by atoms with Crippen LogP contribution in [0.4, 0.5) is 4.79 Å². The number of phenols is 1. The topological polar surface area (TPSA) is 145 Å². The van der Waals surface area contributed by atoms with Gasteiger partial charge in [0.05, 0.1) is 0 Å². The molecule has 2 aromatic carbocycles. The highest BCUT2D eigenvalue weighted by Gasteiger charge is 2.39. The first-order valence-corrected chi connectivity index (χ1v) is 12.8. The van der Waals surface area contributed by atoms with E-state index >= 15 is 0 Å². The quantitative estimate of drug-likeness (QED) is 0.353. The second-order valence-electron chi connectivity index (χ2n) is 9.53. The summed E-state index contributed by atoms with van der Waals surface area (Å²) in [5.41, 5.74) is 1.47. The molecule has 1 fully saturated rings. The minimum atomic E-state index is -1.09. The van der Waals surface area contributed by atoms with Gasteiger partial charge in [-0.15, -0.1) is 0 Å². The third-order valence-corrected chi connectivity index (χ3v) is 6.79. The first kappa shape index (κ1) is 28.5. The van der Waals surface area contributed by atoms with E-state index in [0.29, 0.717) is 24.8 Å². The fraction of sp³-hybridized carbons (Fsp3) is 0.429. The molecular formula is C28H35N3O7. The molecule has 0 aliphatic carbocycles. The minimum Gasteiger partial charge on any atom is -0.508 e. The number of nitrogens with one attached hydrogen (secondary N) is 2. The number of carboxylic acid groups (broad SMARTS) is 1. The van der Waals surface area contributed by atoms with Crippen LogP contribution in [0, 0.1) is 5.92 Å². The number of hydrogen-bond donors (Lipinski definition) is 4. The van der Waals surface area contributed by atoms with Gasteiger partial charge in [-0.1, -0.05) is 62.7 Å². The van der Waals surface area contributed by atoms with Crippen molar-refractivity contribution in [1.29, 1.82) is 0 Å². The molecule has 38 heavy (non-hydrogen) atoms. The van der Waals surface area contributed by atoms with Crippen molar-refractivity contribution in [2.75, 3.05) is 6.54 Å². The predicted octanol–water partition coefficient (Wildman–Crippen LogP) is 2.84. The SMILES string of the molecule is CC[C@H](C)[C@H](NC(=O)OCc1ccccc1)C(=O)N[C@@H](Cc1ccc(O)cc1)C(=O)N1CCC[C@H]1C(=O)O. The Morgan fingerprint density at radius 3 is 2.34 bits per heavy atom. The predicted molar refractivity (Wildman–Crippen MR) is 139 cm³/mol. The number of likely N-dealkylation sites (tertiary alicyclic amines) is 1. The van der Waals surface area contributed by atoms with Gasteiger partial charge in [0.2, 0.25) is 11.8 Å². The summed E-state index contributed by atoms with van der Waals surface area (Å²) >= 11 is 0. The molecule has 1 saturated heterocycles. The number of ether oxygens (including phenoxy) is 1. The average molecular weight is 526 g/mol. The van der Waals surface area contributed by atoms with Gasteiger partial charge in [0.15, 0.2) is 0 Å². The van der Waals surface area contributed by atoms with E-state index in [-0.39, 0.29) is 31.2 Å². The Bertz CT molecular complexity index is 1110. The van der Waals surface area contributed by atoms with Gasteiger partial charge in [0.1, 0.15) is 30.5 Å². The van der Waals surface area contributed by atoms with E-state index in [0.717, 1.165) is 5.56 Å². The summed E-state index contributed by atoms with van der Waals surface area (Å²) in [6.45, 7) is 3.99. The Hall–Kier alpha value is -4.08. The molecule has 0 saturated carbocycles. The summed E-state index contributed by atoms with van der Waals surface area (Å²) in [6.07, 6.45) is 0.777. The van der Waals surface area contributed by atoms with Crippen LogP contribution in [0.2, 0.25) is 0 Å². The fourth-order valence-corrected chi connectivity index (χ4v) is 4.41. The summed E-state index contributed by atoms with van der Waals surface area (Å²) in [4.78, 5) is 52.5. The lowest BCUT2D eigenvalue weighted by atomic mass is 9.97. The van der Waals surface area contributed by atoms with Crippen LogP contribution in [0.5, 0.6) is 5.75 Å². The van der Waals surface area contributed by atoms with Crippen LogP contribution >= 0.6 is 0 Å². The molecule has 4 N–H and O–H groups in total. The summed E-state index contributed by atoms with van der Waals surface area (Å²) in [5.74, 6) is -2.39. The maximum atomic E-state index is 13.5. The number of carbonyl (C=O) groups is 4. The molecule has 0 bridgehead atoms. The number of aliphatic carboxylic acids is 1. The number of phenolic OH excluding ortho intramolecular Hbond substituents is 1. The van der Waals surface area contributed by atoms with Gasteiger partial charge in [-0.3, -0.25) is 9.59 Å². The van der Waals surface area contributed by atoms with E-state index < -0.39 is 42.0 Å². The van der Waals surface area contributed by atoms with Crippen molar-refractivity contribution < 1.29 is 34.1 Å². The van der Waals surface area contributed by atoms with Crippen LogP contribution < -0.4 is 10.6 Å². The number of alkyl carbamates (subject to hydrolysis) is 1. The Balaban J connectivity index is 1.76. The largest absolute Gasteiger partial charge is 0.508 e. The number of rotatable bonds is 11. The van der Waals surface area contributed by atoms with Gasteiger partial charge < -0.3 is 30.5 Å². The molecule has 3 amide bonds. The second kappa shape index (κ2) is 13.5. The van der Waals surface area contributed by atoms with Gasteiger partial charge in [-0.2, -0.15) is 0 Å². The fourth-order valence-electron chi connectivity index (χ4n) is 4.41. The maximum absolute atomic E-state index is 13.5. The van der Waals surface area contributed by atoms with Crippen molar-refractivity contribution in [2.24, 2.45) is 5.92 Å². The highest BCUT2D eigenvalue weighted by atomic mass is 16.5. The lowest BCUT2D eigenvalue weighted by Gasteiger charge is -2.30. The molecular weight excluding hydrogens is 490 g/mol. The zero-order chi connectivity index (χ0) is 27.7. The Morgan fingerprint density at radius 1 is 1.03 bits per heavy atom. The third-order valence-electron chi connectivity index (χ3n) is 6.79. The van der Waals surface area contributed by atoms with Crippen LogP contribution in [-0.4, -0.2) is 63.7 Å². The molecule has 0 aromatic heterocycles. The minimum absolute atomic E-state index is 0.0367. The van der Waals surface area contributed by atoms with Crippen molar-refractivity contribution in [1.82, 2.24) is 15.5 Å². The monoisotopic (exact) mass is 525 g/mol. The van der Waals surface area contributed by atoms with Crippen molar-refractivity contribution in [3.63, 3.8) is 0 Å². The molecule has 0 radical (unpaired) electrons. The van der Waals surface area contributed by atoms with E-state index in [1.807, 2.05) is 37.3 Å². The van der Waals surface area contributed by atoms with E-state index in [4.69, 9.17) is 4.74 Å². The molecule has 0 unspecified atom stereocenters. The smallest absolute Gasteiger partial charge is 0.408 e. The number of benzene rings is 2. The first-order chi connectivity index (χ1) is 18.2. The molecule has 1 aliphatic heterocycles. The summed E-state index contributed by atoms with van der Waals surface area (Å²) in [7, 11) is 0. The Labute approximate surface area is 222 Å². The van der Waals surface area contributed by atoms with E-state index in [9.17, 15) is 29.4 Å². The zero-order valence-electron chi connectivity index (χ0n) is 21.6. The number of carboxylic acids is 1. The second-order valence-corrected chi connectivity index (χ2v) is 9.53. The number of carbonyl (C=O) groups excluding carboxylic acids is 3. The zero-order valence-corrected chi connectivity index (χ0v) is 21.6. The van der Waals surface area contributed by atoms with E-state index in [1.54, 1.807) is 19.1 Å². The lowest BCUT2D eigenvalue weighted by molar-refractivity contribution is -0.149. The number of aromatic hydroxyl groups is 1. The Kier molecular flexibility index (Phi) is 10.1. The van der Waals surface area contributed by atoms with Crippen LogP contribution in [-0.2, 0) is 32.1 Å². The van der Waals surface area contributed by atoms with Gasteiger partial charge >= 0.3 is 12.1 Å². The molecule has 10 nitrogen and oxygen atoms in total. The van der Waals surface area contributed by atoms with Crippen LogP contribution in [0.3, 0.4) is 0 Å². The molecule has 4 atom stereocenters. The van der Waals surface area contributed by atoms with Crippen LogP contribution in [0.1, 0.15) is 44.2 Å². The van der Waals surface area contributed by atoms with Crippen molar-refractivity contribution in [2.45, 2.75) is 64.3 Å². The number of nitrogens with zero attached hydrogens (tertiary/aromatic N) is 1. The normalized spacial score (nSPS) is 17.2. The average Bonchev–Trinajstić information content (AvgIpc) is 3.41. The highest BCUT2D eigenvalue weighted by molar-refractivity contribution is 5.93. The molecule has 1 heterocycles. The van der Waals surface area contributed by atoms with Crippen LogP contribution in [0.15, 0.2) is 54.6 Å². The molecule has 2 aromatic rings. The third kappa shape index (κ3) is 7.71. The number of hydrogen-bond acceptors (Lipinski definition) is 6. The van der Waals surface area contributed by atoms with Gasteiger partial charge in [0.25, 0.3) is 0 Å². The lowest BCUT2D eigenvalue weighted by Crippen LogP contribution is -2.57. The maximum Gasteiger partial charge on any atom is 0.408 e. The van der Waals surface area contributed by atoms with Gasteiger partial charge in [0, 0.05) is 13.0 Å². The van der Waals surface area contributed by atoms with Gasteiger partial charge in [-0.05, 0) is 42.0 Å². The molecule has 3 rings (SSSR count). The van der Waals surface area contributed by atoms with E-state index in [2.05, 4.69) is 10.6 Å². The summed E-state index contributed by atoms with van der Waals surface area (Å²) in [6, 6.07) is 12.3. The van der Waals surface area contributed by atoms with Crippen molar-refractivity contribution in [3.8, 4) is 5.75 Å². The van der Waals surface area contributed by atoms with E-state index in [1.165, 1.54) is 17.0 Å². The molecule has 204 valence electrons. The first-order valence-electron chi connectivity index (χ1n) is 12.8. The van der Waals surface area contributed by atoms with Crippen LogP contribution in [0.25, 0.3) is 0 Å². The summed E-state index contributed by atoms with van der Waals surface area (Å²) < 4.78 is 5.29. The standard InChI is InChI=1S/C28H35N3O7/c1-3-18(2)24(30-28(37)38-17-20-8-5-4-6-9-20)25(33)29-22(16-19-11-13-21(32)14-12-19)26(34)31-15-7-10-23(31)27(35)36/h4-6,8-9,11-14,18,22-24,32H,3,7,10,15-17H2,1-2H3,(H,29,33)(H,30,37)(H,35,36)/t18-,22-,23-,24-/m0/s1. The van der Waals surface area contributed by atoms with Crippen molar-refractivity contribution in [3.05, 3.63) is 65.7 Å². The molecule has 0 spiro atoms. The highest BCUT2D eigenvalue weighted by Crippen LogP contribution is 2.21. The Morgan fingerprint density at radius 2 is 1.71 bits per heavy atom. The summed E-state index contributed by atoms with van der Waals surface area (Å²) in [5, 5.41) is 24.6. The molecule has 10 heteroatoms. The number of amides is 3. The van der Waals surface area contributed by atoms with Gasteiger partial charge in [-0.25, -0.2) is 9.59 Å². The molecule has 1 aliphatic rings.